The number of likely N-dealkylation sites (tertiary alicyclic amines) is 1. The van der Waals surface area contributed by atoms with Crippen LogP contribution < -0.4 is 15.8 Å². The number of nitrogen functional groups attached to an aromatic ring is 1. The van der Waals surface area contributed by atoms with Crippen molar-refractivity contribution < 1.29 is 18.7 Å². The normalized spacial score (nSPS) is 19.4. The third-order valence-electron chi connectivity index (χ3n) is 6.98. The summed E-state index contributed by atoms with van der Waals surface area (Å²) in [5.41, 5.74) is 8.02. The number of piperidine rings is 1. The van der Waals surface area contributed by atoms with Gasteiger partial charge in [0.1, 0.15) is 18.0 Å². The zero-order valence-electron chi connectivity index (χ0n) is 20.9. The van der Waals surface area contributed by atoms with E-state index in [1.54, 1.807) is 25.4 Å². The lowest BCUT2D eigenvalue weighted by Crippen LogP contribution is -2.54. The van der Waals surface area contributed by atoms with E-state index >= 15 is 0 Å². The molecular weight excluding hydrogens is 534 g/mol. The fraction of sp³-hybridized carbons (Fsp3) is 0.423. The van der Waals surface area contributed by atoms with Crippen LogP contribution in [0.1, 0.15) is 37.5 Å². The van der Waals surface area contributed by atoms with Gasteiger partial charge in [-0.25, -0.2) is 9.37 Å². The zero-order chi connectivity index (χ0) is 26.8. The Morgan fingerprint density at radius 1 is 1.26 bits per heavy atom. The minimum absolute atomic E-state index is 0.0925. The number of carbonyl (C=O) groups is 1. The number of hydrogen-bond acceptors (Lipinski definition) is 7. The minimum atomic E-state index is -0.670. The SMILES string of the molecule is C[C@@H](Oc1cc(-c2cnn(C3CCN(C(=O)[C@@H]4COCCN4)CC3)c2)cnc1N)c1c(Cl)ccc(F)c1Cl. The Morgan fingerprint density at radius 2 is 2.05 bits per heavy atom. The molecule has 2 saturated heterocycles. The molecule has 4 heterocycles. The second-order valence-electron chi connectivity index (χ2n) is 9.47. The molecule has 3 aromatic rings. The summed E-state index contributed by atoms with van der Waals surface area (Å²) in [6, 6.07) is 4.33. The topological polar surface area (TPSA) is 108 Å². The second kappa shape index (κ2) is 11.4. The number of halogens is 3. The first-order valence-electron chi connectivity index (χ1n) is 12.5. The van der Waals surface area contributed by atoms with Crippen molar-refractivity contribution in [3.8, 4) is 16.9 Å². The maximum atomic E-state index is 14.0. The Morgan fingerprint density at radius 3 is 2.79 bits per heavy atom. The van der Waals surface area contributed by atoms with E-state index in [0.717, 1.165) is 24.0 Å². The highest BCUT2D eigenvalue weighted by molar-refractivity contribution is 6.36. The number of morpholine rings is 1. The van der Waals surface area contributed by atoms with Crippen molar-refractivity contribution in [2.75, 3.05) is 38.6 Å². The van der Waals surface area contributed by atoms with Gasteiger partial charge < -0.3 is 25.4 Å². The van der Waals surface area contributed by atoms with Crippen LogP contribution in [-0.2, 0) is 9.53 Å². The van der Waals surface area contributed by atoms with Crippen LogP contribution in [0.5, 0.6) is 5.75 Å². The average Bonchev–Trinajstić information content (AvgIpc) is 3.43. The summed E-state index contributed by atoms with van der Waals surface area (Å²) in [7, 11) is 0. The molecule has 12 heteroatoms. The van der Waals surface area contributed by atoms with E-state index in [2.05, 4.69) is 15.4 Å². The van der Waals surface area contributed by atoms with Crippen LogP contribution in [0, 0.1) is 5.82 Å². The number of nitrogens with one attached hydrogen (secondary N) is 1. The highest BCUT2D eigenvalue weighted by atomic mass is 35.5. The quantitative estimate of drug-likeness (QED) is 0.432. The summed E-state index contributed by atoms with van der Waals surface area (Å²) in [5, 5.41) is 8.01. The number of benzene rings is 1. The van der Waals surface area contributed by atoms with Gasteiger partial charge in [0.2, 0.25) is 5.91 Å². The lowest BCUT2D eigenvalue weighted by Gasteiger charge is -2.35. The Bertz CT molecular complexity index is 1310. The molecule has 5 rings (SSSR count). The van der Waals surface area contributed by atoms with E-state index in [1.807, 2.05) is 15.8 Å². The molecule has 0 aliphatic carbocycles. The molecule has 0 radical (unpaired) electrons. The van der Waals surface area contributed by atoms with E-state index in [0.29, 0.717) is 49.2 Å². The maximum absolute atomic E-state index is 14.0. The number of nitrogens with two attached hydrogens (primary N) is 1. The lowest BCUT2D eigenvalue weighted by molar-refractivity contribution is -0.137. The van der Waals surface area contributed by atoms with Gasteiger partial charge in [0.15, 0.2) is 11.6 Å². The maximum Gasteiger partial charge on any atom is 0.242 e. The second-order valence-corrected chi connectivity index (χ2v) is 10.3. The van der Waals surface area contributed by atoms with E-state index in [-0.39, 0.29) is 28.8 Å². The fourth-order valence-electron chi connectivity index (χ4n) is 4.85. The van der Waals surface area contributed by atoms with Gasteiger partial charge in [0, 0.05) is 53.7 Å². The standard InChI is InChI=1S/C26H29Cl2FN6O3/c1-15(23-19(27)2-3-20(29)24(23)28)38-22-10-16(11-32-25(22)30)17-12-33-35(13-17)18-4-7-34(8-5-18)26(36)21-14-37-9-6-31-21/h2-3,10-13,15,18,21,31H,4-9,14H2,1H3,(H2,30,32)/t15-,21+/m1/s1. The van der Waals surface area contributed by atoms with Crippen LogP contribution in [0.25, 0.3) is 11.1 Å². The Balaban J connectivity index is 1.26. The molecule has 0 spiro atoms. The number of hydrogen-bond donors (Lipinski definition) is 2. The van der Waals surface area contributed by atoms with Crippen LogP contribution in [0.3, 0.4) is 0 Å². The summed E-state index contributed by atoms with van der Waals surface area (Å²) in [4.78, 5) is 18.9. The number of pyridine rings is 1. The van der Waals surface area contributed by atoms with E-state index in [1.165, 1.54) is 12.1 Å². The van der Waals surface area contributed by atoms with Gasteiger partial charge in [-0.2, -0.15) is 5.10 Å². The molecule has 1 aromatic carbocycles. The molecule has 2 atom stereocenters. The fourth-order valence-corrected chi connectivity index (χ4v) is 5.53. The molecule has 0 unspecified atom stereocenters. The van der Waals surface area contributed by atoms with Crippen LogP contribution in [0.4, 0.5) is 10.2 Å². The van der Waals surface area contributed by atoms with Crippen molar-refractivity contribution >= 4 is 34.9 Å². The number of aromatic nitrogens is 3. The van der Waals surface area contributed by atoms with Crippen LogP contribution in [-0.4, -0.2) is 64.5 Å². The van der Waals surface area contributed by atoms with Gasteiger partial charge in [-0.1, -0.05) is 23.2 Å². The molecule has 38 heavy (non-hydrogen) atoms. The third-order valence-corrected chi connectivity index (χ3v) is 7.69. The van der Waals surface area contributed by atoms with Crippen molar-refractivity contribution in [1.29, 1.82) is 0 Å². The Labute approximate surface area is 230 Å². The summed E-state index contributed by atoms with van der Waals surface area (Å²) in [5.74, 6) is 0.0290. The van der Waals surface area contributed by atoms with Gasteiger partial charge in [0.25, 0.3) is 0 Å². The van der Waals surface area contributed by atoms with Crippen molar-refractivity contribution in [3.05, 3.63) is 58.2 Å². The van der Waals surface area contributed by atoms with Gasteiger partial charge >= 0.3 is 0 Å². The zero-order valence-corrected chi connectivity index (χ0v) is 22.4. The van der Waals surface area contributed by atoms with Crippen LogP contribution >= 0.6 is 23.2 Å². The molecule has 0 saturated carbocycles. The molecule has 3 N–H and O–H groups in total. The average molecular weight is 563 g/mol. The van der Waals surface area contributed by atoms with Gasteiger partial charge in [-0.3, -0.25) is 9.48 Å². The van der Waals surface area contributed by atoms with Crippen molar-refractivity contribution in [2.24, 2.45) is 0 Å². The largest absolute Gasteiger partial charge is 0.482 e. The summed E-state index contributed by atoms with van der Waals surface area (Å²) < 4.78 is 27.4. The monoisotopic (exact) mass is 562 g/mol. The Hall–Kier alpha value is -2.92. The first-order chi connectivity index (χ1) is 18.3. The first kappa shape index (κ1) is 26.7. The number of ether oxygens (including phenoxy) is 2. The number of nitrogens with zero attached hydrogens (tertiary/aromatic N) is 4. The number of anilines is 1. The molecule has 9 nitrogen and oxygen atoms in total. The highest BCUT2D eigenvalue weighted by Crippen LogP contribution is 2.37. The predicted molar refractivity (Wildman–Crippen MR) is 143 cm³/mol. The summed E-state index contributed by atoms with van der Waals surface area (Å²) >= 11 is 12.4. The molecule has 2 aliphatic heterocycles. The van der Waals surface area contributed by atoms with Gasteiger partial charge in [-0.15, -0.1) is 0 Å². The van der Waals surface area contributed by atoms with E-state index in [9.17, 15) is 9.18 Å². The number of carbonyl (C=O) groups excluding carboxylic acids is 1. The van der Waals surface area contributed by atoms with Crippen molar-refractivity contribution in [2.45, 2.75) is 38.0 Å². The number of amides is 1. The van der Waals surface area contributed by atoms with Crippen LogP contribution in [0.15, 0.2) is 36.8 Å². The first-order valence-corrected chi connectivity index (χ1v) is 13.3. The predicted octanol–water partition coefficient (Wildman–Crippen LogP) is 4.27. The van der Waals surface area contributed by atoms with Gasteiger partial charge in [-0.05, 0) is 38.0 Å². The molecule has 2 fully saturated rings. The molecule has 0 bridgehead atoms. The third kappa shape index (κ3) is 5.58. The highest BCUT2D eigenvalue weighted by Gasteiger charge is 2.30. The number of rotatable bonds is 6. The van der Waals surface area contributed by atoms with Gasteiger partial charge in [0.05, 0.1) is 30.5 Å². The Kier molecular flexibility index (Phi) is 8.04. The van der Waals surface area contributed by atoms with Crippen molar-refractivity contribution in [3.63, 3.8) is 0 Å². The van der Waals surface area contributed by atoms with Crippen LogP contribution in [0.2, 0.25) is 10.0 Å². The van der Waals surface area contributed by atoms with E-state index in [4.69, 9.17) is 38.4 Å². The lowest BCUT2D eigenvalue weighted by atomic mass is 10.0. The summed E-state index contributed by atoms with van der Waals surface area (Å²) in [6.07, 6.45) is 6.32. The molecule has 2 aliphatic rings. The summed E-state index contributed by atoms with van der Waals surface area (Å²) in [6.45, 7) is 4.80. The minimum Gasteiger partial charge on any atom is -0.482 e. The molecular formula is C26H29Cl2FN6O3. The molecule has 2 aromatic heterocycles. The molecule has 1 amide bonds. The molecule has 202 valence electrons. The van der Waals surface area contributed by atoms with E-state index < -0.39 is 11.9 Å². The van der Waals surface area contributed by atoms with Crippen molar-refractivity contribution in [1.82, 2.24) is 25.0 Å². The smallest absolute Gasteiger partial charge is 0.242 e.